The predicted molar refractivity (Wildman–Crippen MR) is 76.1 cm³/mol. The van der Waals surface area contributed by atoms with Gasteiger partial charge in [0, 0.05) is 6.04 Å². The monoisotopic (exact) mass is 282 g/mol. The third-order valence-corrected chi connectivity index (χ3v) is 4.77. The van der Waals surface area contributed by atoms with E-state index in [1.807, 2.05) is 13.0 Å². The van der Waals surface area contributed by atoms with E-state index in [-0.39, 0.29) is 10.9 Å². The molecule has 1 saturated carbocycles. The summed E-state index contributed by atoms with van der Waals surface area (Å²) < 4.78 is 22.7. The SMILES string of the molecule is CC(NCC(C)C1CC1)c1cccc(S(N)(=O)=O)c1. The molecular weight excluding hydrogens is 260 g/mol. The molecule has 0 saturated heterocycles. The summed E-state index contributed by atoms with van der Waals surface area (Å²) in [6.07, 6.45) is 2.69. The first-order valence-corrected chi connectivity index (χ1v) is 8.28. The summed E-state index contributed by atoms with van der Waals surface area (Å²) in [5.41, 5.74) is 0.953. The normalized spacial score (nSPS) is 19.1. The first kappa shape index (κ1) is 14.5. The maximum absolute atomic E-state index is 11.3. The number of primary sulfonamides is 1. The van der Waals surface area contributed by atoms with E-state index in [4.69, 9.17) is 5.14 Å². The Morgan fingerprint density at radius 3 is 2.63 bits per heavy atom. The minimum Gasteiger partial charge on any atom is -0.310 e. The Balaban J connectivity index is 2.00. The van der Waals surface area contributed by atoms with Crippen LogP contribution in [0.5, 0.6) is 0 Å². The molecule has 4 nitrogen and oxygen atoms in total. The van der Waals surface area contributed by atoms with Crippen LogP contribution in [0.15, 0.2) is 29.2 Å². The Morgan fingerprint density at radius 2 is 2.05 bits per heavy atom. The lowest BCUT2D eigenvalue weighted by molar-refractivity contribution is 0.431. The first-order chi connectivity index (χ1) is 8.88. The third kappa shape index (κ3) is 4.03. The smallest absolute Gasteiger partial charge is 0.238 e. The van der Waals surface area contributed by atoms with Crippen LogP contribution in [0.2, 0.25) is 0 Å². The minimum absolute atomic E-state index is 0.128. The number of nitrogens with one attached hydrogen (secondary N) is 1. The molecule has 1 fully saturated rings. The molecule has 3 N–H and O–H groups in total. The first-order valence-electron chi connectivity index (χ1n) is 6.74. The van der Waals surface area contributed by atoms with Crippen molar-refractivity contribution in [2.75, 3.05) is 6.54 Å². The van der Waals surface area contributed by atoms with Crippen molar-refractivity contribution >= 4 is 10.0 Å². The van der Waals surface area contributed by atoms with Gasteiger partial charge in [0.2, 0.25) is 10.0 Å². The van der Waals surface area contributed by atoms with E-state index in [2.05, 4.69) is 12.2 Å². The van der Waals surface area contributed by atoms with Gasteiger partial charge in [-0.3, -0.25) is 0 Å². The number of hydrogen-bond acceptors (Lipinski definition) is 3. The lowest BCUT2D eigenvalue weighted by Crippen LogP contribution is -2.25. The van der Waals surface area contributed by atoms with Gasteiger partial charge >= 0.3 is 0 Å². The number of nitrogens with two attached hydrogens (primary N) is 1. The van der Waals surface area contributed by atoms with E-state index in [0.717, 1.165) is 18.0 Å². The van der Waals surface area contributed by atoms with Gasteiger partial charge in [-0.1, -0.05) is 19.1 Å². The van der Waals surface area contributed by atoms with Gasteiger partial charge in [0.15, 0.2) is 0 Å². The van der Waals surface area contributed by atoms with Crippen LogP contribution in [-0.4, -0.2) is 15.0 Å². The second-order valence-corrected chi connectivity index (χ2v) is 7.12. The molecule has 106 valence electrons. The quantitative estimate of drug-likeness (QED) is 0.838. The van der Waals surface area contributed by atoms with Crippen LogP contribution in [0, 0.1) is 11.8 Å². The van der Waals surface area contributed by atoms with Crippen LogP contribution in [0.4, 0.5) is 0 Å². The highest BCUT2D eigenvalue weighted by Crippen LogP contribution is 2.36. The van der Waals surface area contributed by atoms with Crippen molar-refractivity contribution in [3.05, 3.63) is 29.8 Å². The second kappa shape index (κ2) is 5.61. The van der Waals surface area contributed by atoms with Gasteiger partial charge in [-0.15, -0.1) is 0 Å². The van der Waals surface area contributed by atoms with E-state index in [9.17, 15) is 8.42 Å². The Morgan fingerprint density at radius 1 is 1.37 bits per heavy atom. The van der Waals surface area contributed by atoms with Crippen molar-refractivity contribution in [1.82, 2.24) is 5.32 Å². The van der Waals surface area contributed by atoms with E-state index in [1.54, 1.807) is 12.1 Å². The number of rotatable bonds is 6. The van der Waals surface area contributed by atoms with E-state index in [0.29, 0.717) is 5.92 Å². The van der Waals surface area contributed by atoms with E-state index >= 15 is 0 Å². The van der Waals surface area contributed by atoms with Crippen molar-refractivity contribution in [3.8, 4) is 0 Å². The summed E-state index contributed by atoms with van der Waals surface area (Å²) in [5, 5.41) is 8.61. The van der Waals surface area contributed by atoms with Gasteiger partial charge in [-0.25, -0.2) is 13.6 Å². The Labute approximate surface area is 115 Å². The molecule has 2 unspecified atom stereocenters. The zero-order valence-electron chi connectivity index (χ0n) is 11.5. The maximum Gasteiger partial charge on any atom is 0.238 e. The van der Waals surface area contributed by atoms with Crippen molar-refractivity contribution in [2.24, 2.45) is 17.0 Å². The molecule has 5 heteroatoms. The fraction of sp³-hybridized carbons (Fsp3) is 0.571. The van der Waals surface area contributed by atoms with Gasteiger partial charge in [0.05, 0.1) is 4.90 Å². The van der Waals surface area contributed by atoms with Gasteiger partial charge in [0.1, 0.15) is 0 Å². The molecule has 1 aromatic carbocycles. The van der Waals surface area contributed by atoms with Crippen LogP contribution < -0.4 is 10.5 Å². The Kier molecular flexibility index (Phi) is 4.28. The zero-order chi connectivity index (χ0) is 14.0. The highest BCUT2D eigenvalue weighted by Gasteiger charge is 2.27. The second-order valence-electron chi connectivity index (χ2n) is 5.56. The van der Waals surface area contributed by atoms with Crippen LogP contribution in [0.25, 0.3) is 0 Å². The summed E-state index contributed by atoms with van der Waals surface area (Å²) in [6, 6.07) is 6.96. The van der Waals surface area contributed by atoms with Crippen LogP contribution >= 0.6 is 0 Å². The summed E-state index contributed by atoms with van der Waals surface area (Å²) >= 11 is 0. The molecule has 2 rings (SSSR count). The Bertz CT molecular complexity index is 538. The summed E-state index contributed by atoms with van der Waals surface area (Å²) in [4.78, 5) is 0.175. The fourth-order valence-electron chi connectivity index (χ4n) is 2.27. The molecule has 0 bridgehead atoms. The molecule has 19 heavy (non-hydrogen) atoms. The van der Waals surface area contributed by atoms with Crippen molar-refractivity contribution in [1.29, 1.82) is 0 Å². The van der Waals surface area contributed by atoms with Crippen LogP contribution in [0.1, 0.15) is 38.3 Å². The molecule has 1 aromatic rings. The van der Waals surface area contributed by atoms with Crippen molar-refractivity contribution < 1.29 is 8.42 Å². The average molecular weight is 282 g/mol. The van der Waals surface area contributed by atoms with E-state index in [1.165, 1.54) is 18.9 Å². The highest BCUT2D eigenvalue weighted by atomic mass is 32.2. The molecule has 0 heterocycles. The number of hydrogen-bond donors (Lipinski definition) is 2. The molecule has 0 spiro atoms. The van der Waals surface area contributed by atoms with Gasteiger partial charge in [-0.2, -0.15) is 0 Å². The summed E-state index contributed by atoms with van der Waals surface area (Å²) in [6.45, 7) is 5.27. The summed E-state index contributed by atoms with van der Waals surface area (Å²) in [5.74, 6) is 1.55. The van der Waals surface area contributed by atoms with Gasteiger partial charge < -0.3 is 5.32 Å². The minimum atomic E-state index is -3.62. The lowest BCUT2D eigenvalue weighted by Gasteiger charge is -2.18. The largest absolute Gasteiger partial charge is 0.310 e. The fourth-order valence-corrected chi connectivity index (χ4v) is 2.84. The molecular formula is C14H22N2O2S. The molecule has 0 radical (unpaired) electrons. The molecule has 0 aromatic heterocycles. The molecule has 0 aliphatic heterocycles. The zero-order valence-corrected chi connectivity index (χ0v) is 12.3. The molecule has 1 aliphatic rings. The third-order valence-electron chi connectivity index (χ3n) is 3.86. The van der Waals surface area contributed by atoms with Gasteiger partial charge in [-0.05, 0) is 55.8 Å². The number of benzene rings is 1. The lowest BCUT2D eigenvalue weighted by atomic mass is 10.0. The van der Waals surface area contributed by atoms with Crippen molar-refractivity contribution in [3.63, 3.8) is 0 Å². The molecule has 2 atom stereocenters. The summed E-state index contributed by atoms with van der Waals surface area (Å²) in [7, 11) is -3.62. The van der Waals surface area contributed by atoms with Crippen molar-refractivity contribution in [2.45, 2.75) is 37.6 Å². The van der Waals surface area contributed by atoms with E-state index < -0.39 is 10.0 Å². The predicted octanol–water partition coefficient (Wildman–Crippen LogP) is 2.03. The van der Waals surface area contributed by atoms with Crippen LogP contribution in [0.3, 0.4) is 0 Å². The highest BCUT2D eigenvalue weighted by molar-refractivity contribution is 7.89. The molecule has 0 amide bonds. The standard InChI is InChI=1S/C14H22N2O2S/c1-10(12-6-7-12)9-16-11(2)13-4-3-5-14(8-13)19(15,17)18/h3-5,8,10-12,16H,6-7,9H2,1-2H3,(H2,15,17,18). The Hall–Kier alpha value is -0.910. The van der Waals surface area contributed by atoms with Crippen LogP contribution in [-0.2, 0) is 10.0 Å². The molecule has 1 aliphatic carbocycles. The average Bonchev–Trinajstić information content (AvgIpc) is 3.19. The topological polar surface area (TPSA) is 72.2 Å². The maximum atomic E-state index is 11.3. The number of sulfonamides is 1. The van der Waals surface area contributed by atoms with Gasteiger partial charge in [0.25, 0.3) is 0 Å².